The highest BCUT2D eigenvalue weighted by molar-refractivity contribution is 4.78. The van der Waals surface area contributed by atoms with Crippen molar-refractivity contribution in [1.29, 1.82) is 0 Å². The van der Waals surface area contributed by atoms with Crippen molar-refractivity contribution in [1.82, 2.24) is 10.2 Å². The topological polar surface area (TPSA) is 15.3 Å². The molecule has 1 N–H and O–H groups in total. The van der Waals surface area contributed by atoms with Gasteiger partial charge < -0.3 is 10.2 Å². The SMILES string of the molecule is CCC(CC)CN(CC)C1CCNCC1. The van der Waals surface area contributed by atoms with Crippen LogP contribution in [0.3, 0.4) is 0 Å². The highest BCUT2D eigenvalue weighted by Crippen LogP contribution is 2.16. The quantitative estimate of drug-likeness (QED) is 0.728. The Hall–Kier alpha value is -0.0800. The summed E-state index contributed by atoms with van der Waals surface area (Å²) in [5.74, 6) is 0.903. The number of piperidine rings is 1. The Morgan fingerprint density at radius 3 is 2.20 bits per heavy atom. The fraction of sp³-hybridized carbons (Fsp3) is 1.00. The molecule has 0 aromatic heterocycles. The van der Waals surface area contributed by atoms with E-state index in [0.717, 1.165) is 12.0 Å². The summed E-state index contributed by atoms with van der Waals surface area (Å²) in [7, 11) is 0. The number of nitrogens with zero attached hydrogens (tertiary/aromatic N) is 1. The molecule has 0 bridgehead atoms. The van der Waals surface area contributed by atoms with E-state index in [0.29, 0.717) is 0 Å². The number of hydrogen-bond donors (Lipinski definition) is 1. The molecule has 0 amide bonds. The standard InChI is InChI=1S/C13H28N2/c1-4-12(5-2)11-15(6-3)13-7-9-14-10-8-13/h12-14H,4-11H2,1-3H3. The summed E-state index contributed by atoms with van der Waals surface area (Å²) in [6.07, 6.45) is 5.35. The van der Waals surface area contributed by atoms with Gasteiger partial charge in [0.05, 0.1) is 0 Å². The predicted octanol–water partition coefficient (Wildman–Crippen LogP) is 2.50. The first kappa shape index (κ1) is 13.0. The lowest BCUT2D eigenvalue weighted by Gasteiger charge is -2.35. The molecular formula is C13H28N2. The van der Waals surface area contributed by atoms with E-state index in [9.17, 15) is 0 Å². The molecule has 0 unspecified atom stereocenters. The zero-order chi connectivity index (χ0) is 11.1. The van der Waals surface area contributed by atoms with Crippen molar-refractivity contribution in [3.05, 3.63) is 0 Å². The second-order valence-electron chi connectivity index (χ2n) is 4.75. The Bertz CT molecular complexity index is 149. The van der Waals surface area contributed by atoms with Crippen molar-refractivity contribution in [3.63, 3.8) is 0 Å². The van der Waals surface area contributed by atoms with E-state index in [2.05, 4.69) is 31.0 Å². The molecular weight excluding hydrogens is 184 g/mol. The Morgan fingerprint density at radius 1 is 1.13 bits per heavy atom. The molecule has 15 heavy (non-hydrogen) atoms. The van der Waals surface area contributed by atoms with Gasteiger partial charge in [0.1, 0.15) is 0 Å². The van der Waals surface area contributed by atoms with E-state index in [1.165, 1.54) is 51.9 Å². The summed E-state index contributed by atoms with van der Waals surface area (Å²) in [6, 6.07) is 0.844. The Balaban J connectivity index is 2.38. The minimum atomic E-state index is 0.844. The van der Waals surface area contributed by atoms with Gasteiger partial charge in [-0.3, -0.25) is 0 Å². The molecule has 1 fully saturated rings. The summed E-state index contributed by atoms with van der Waals surface area (Å²) in [5, 5.41) is 3.45. The first-order valence-electron chi connectivity index (χ1n) is 6.76. The average Bonchev–Trinajstić information content (AvgIpc) is 2.32. The van der Waals surface area contributed by atoms with E-state index >= 15 is 0 Å². The van der Waals surface area contributed by atoms with Crippen molar-refractivity contribution in [2.45, 2.75) is 52.5 Å². The van der Waals surface area contributed by atoms with Gasteiger partial charge in [-0.1, -0.05) is 33.6 Å². The molecule has 0 radical (unpaired) electrons. The third-order valence-corrected chi connectivity index (χ3v) is 3.88. The summed E-state index contributed by atoms with van der Waals surface area (Å²) in [5.41, 5.74) is 0. The largest absolute Gasteiger partial charge is 0.317 e. The molecule has 90 valence electrons. The van der Waals surface area contributed by atoms with Crippen LogP contribution in [0.1, 0.15) is 46.5 Å². The third-order valence-electron chi connectivity index (χ3n) is 3.88. The molecule has 0 aliphatic carbocycles. The van der Waals surface area contributed by atoms with E-state index < -0.39 is 0 Å². The summed E-state index contributed by atoms with van der Waals surface area (Å²) >= 11 is 0. The summed E-state index contributed by atoms with van der Waals surface area (Å²) in [6.45, 7) is 11.9. The van der Waals surface area contributed by atoms with Gasteiger partial charge in [0.25, 0.3) is 0 Å². The summed E-state index contributed by atoms with van der Waals surface area (Å²) in [4.78, 5) is 2.71. The second-order valence-corrected chi connectivity index (χ2v) is 4.75. The number of hydrogen-bond acceptors (Lipinski definition) is 2. The van der Waals surface area contributed by atoms with Gasteiger partial charge in [0.2, 0.25) is 0 Å². The van der Waals surface area contributed by atoms with E-state index in [4.69, 9.17) is 0 Å². The molecule has 2 heteroatoms. The van der Waals surface area contributed by atoms with Crippen LogP contribution in [-0.4, -0.2) is 37.1 Å². The maximum atomic E-state index is 3.45. The minimum Gasteiger partial charge on any atom is -0.317 e. The normalized spacial score (nSPS) is 19.0. The molecule has 0 aromatic rings. The lowest BCUT2D eigenvalue weighted by molar-refractivity contribution is 0.142. The van der Waals surface area contributed by atoms with Crippen LogP contribution in [0.5, 0.6) is 0 Å². The fourth-order valence-electron chi connectivity index (χ4n) is 2.59. The van der Waals surface area contributed by atoms with Gasteiger partial charge >= 0.3 is 0 Å². The average molecular weight is 212 g/mol. The van der Waals surface area contributed by atoms with E-state index in [1.54, 1.807) is 0 Å². The zero-order valence-electron chi connectivity index (χ0n) is 10.8. The van der Waals surface area contributed by atoms with Gasteiger partial charge in [0.15, 0.2) is 0 Å². The van der Waals surface area contributed by atoms with Crippen LogP contribution in [0, 0.1) is 5.92 Å². The molecule has 1 aliphatic rings. The lowest BCUT2D eigenvalue weighted by atomic mass is 9.99. The van der Waals surface area contributed by atoms with Gasteiger partial charge in [-0.25, -0.2) is 0 Å². The first-order valence-corrected chi connectivity index (χ1v) is 6.76. The number of rotatable bonds is 6. The van der Waals surface area contributed by atoms with Crippen molar-refractivity contribution in [2.75, 3.05) is 26.2 Å². The monoisotopic (exact) mass is 212 g/mol. The van der Waals surface area contributed by atoms with Gasteiger partial charge in [0, 0.05) is 12.6 Å². The van der Waals surface area contributed by atoms with Crippen LogP contribution in [0.4, 0.5) is 0 Å². The van der Waals surface area contributed by atoms with E-state index in [-0.39, 0.29) is 0 Å². The lowest BCUT2D eigenvalue weighted by Crippen LogP contribution is -2.44. The van der Waals surface area contributed by atoms with Crippen LogP contribution in [0.15, 0.2) is 0 Å². The maximum absolute atomic E-state index is 3.45. The highest BCUT2D eigenvalue weighted by Gasteiger charge is 2.21. The zero-order valence-corrected chi connectivity index (χ0v) is 10.8. The molecule has 0 atom stereocenters. The molecule has 0 spiro atoms. The van der Waals surface area contributed by atoms with Crippen molar-refractivity contribution in [2.24, 2.45) is 5.92 Å². The highest BCUT2D eigenvalue weighted by atomic mass is 15.2. The molecule has 1 heterocycles. The Morgan fingerprint density at radius 2 is 1.73 bits per heavy atom. The second kappa shape index (κ2) is 7.24. The molecule has 0 aromatic carbocycles. The van der Waals surface area contributed by atoms with Crippen LogP contribution in [0.25, 0.3) is 0 Å². The third kappa shape index (κ3) is 4.12. The molecule has 0 saturated carbocycles. The van der Waals surface area contributed by atoms with Gasteiger partial charge in [-0.2, -0.15) is 0 Å². The Labute approximate surface area is 95.4 Å². The maximum Gasteiger partial charge on any atom is 0.0119 e. The van der Waals surface area contributed by atoms with Crippen molar-refractivity contribution >= 4 is 0 Å². The summed E-state index contributed by atoms with van der Waals surface area (Å²) < 4.78 is 0. The fourth-order valence-corrected chi connectivity index (χ4v) is 2.59. The number of nitrogens with one attached hydrogen (secondary N) is 1. The van der Waals surface area contributed by atoms with E-state index in [1.807, 2.05) is 0 Å². The van der Waals surface area contributed by atoms with Crippen molar-refractivity contribution < 1.29 is 0 Å². The van der Waals surface area contributed by atoms with Crippen LogP contribution >= 0.6 is 0 Å². The van der Waals surface area contributed by atoms with Crippen LogP contribution < -0.4 is 5.32 Å². The van der Waals surface area contributed by atoms with Crippen LogP contribution in [-0.2, 0) is 0 Å². The predicted molar refractivity (Wildman–Crippen MR) is 67.2 cm³/mol. The Kier molecular flexibility index (Phi) is 6.26. The smallest absolute Gasteiger partial charge is 0.0119 e. The minimum absolute atomic E-state index is 0.844. The van der Waals surface area contributed by atoms with Crippen molar-refractivity contribution in [3.8, 4) is 0 Å². The van der Waals surface area contributed by atoms with Gasteiger partial charge in [-0.15, -0.1) is 0 Å². The molecule has 1 saturated heterocycles. The first-order chi connectivity index (χ1) is 7.31. The molecule has 1 rings (SSSR count). The molecule has 1 aliphatic heterocycles. The van der Waals surface area contributed by atoms with Crippen LogP contribution in [0.2, 0.25) is 0 Å². The molecule has 2 nitrogen and oxygen atoms in total. The van der Waals surface area contributed by atoms with Gasteiger partial charge in [-0.05, 0) is 38.4 Å².